The highest BCUT2D eigenvalue weighted by molar-refractivity contribution is 7.98. The molecule has 1 nitrogen and oxygen atoms in total. The molecule has 2 aromatic rings. The Hall–Kier alpha value is -0.730. The third-order valence-corrected chi connectivity index (χ3v) is 4.96. The molecule has 0 aliphatic carbocycles. The highest BCUT2D eigenvalue weighted by Gasteiger charge is 2.17. The molecule has 0 bridgehead atoms. The molecular formula is C16H20ClNS. The van der Waals surface area contributed by atoms with E-state index in [1.807, 2.05) is 18.0 Å². The number of aryl methyl sites for hydroxylation is 1. The predicted molar refractivity (Wildman–Crippen MR) is 87.5 cm³/mol. The van der Waals surface area contributed by atoms with Crippen molar-refractivity contribution in [1.82, 2.24) is 4.98 Å². The summed E-state index contributed by atoms with van der Waals surface area (Å²) in [6, 6.07) is 4.20. The molecule has 0 aliphatic heterocycles. The Morgan fingerprint density at radius 2 is 1.89 bits per heavy atom. The average molecular weight is 294 g/mol. The third-order valence-electron chi connectivity index (χ3n) is 3.71. The van der Waals surface area contributed by atoms with E-state index in [4.69, 9.17) is 11.6 Å². The van der Waals surface area contributed by atoms with Crippen LogP contribution in [0.3, 0.4) is 0 Å². The summed E-state index contributed by atoms with van der Waals surface area (Å²) in [4.78, 5) is 4.47. The fourth-order valence-electron chi connectivity index (χ4n) is 2.54. The molecule has 2 rings (SSSR count). The SMILES string of the molecule is CSC(C)c1cc(Cl)c2nccc(C(C)C)c2c1C. The van der Waals surface area contributed by atoms with Crippen LogP contribution in [0.15, 0.2) is 18.3 Å². The fourth-order valence-corrected chi connectivity index (χ4v) is 3.30. The molecule has 19 heavy (non-hydrogen) atoms. The lowest BCUT2D eigenvalue weighted by Crippen LogP contribution is -1.99. The molecule has 0 spiro atoms. The first-order chi connectivity index (χ1) is 8.97. The number of benzene rings is 1. The van der Waals surface area contributed by atoms with E-state index in [1.54, 1.807) is 0 Å². The summed E-state index contributed by atoms with van der Waals surface area (Å²) >= 11 is 8.28. The third kappa shape index (κ3) is 2.61. The van der Waals surface area contributed by atoms with Gasteiger partial charge in [-0.25, -0.2) is 0 Å². The molecule has 1 atom stereocenters. The van der Waals surface area contributed by atoms with Gasteiger partial charge in [0.2, 0.25) is 0 Å². The van der Waals surface area contributed by atoms with Gasteiger partial charge in [0.05, 0.1) is 10.5 Å². The lowest BCUT2D eigenvalue weighted by Gasteiger charge is -2.18. The quantitative estimate of drug-likeness (QED) is 0.715. The Labute approximate surface area is 124 Å². The van der Waals surface area contributed by atoms with Crippen LogP contribution in [0.5, 0.6) is 0 Å². The highest BCUT2D eigenvalue weighted by Crippen LogP contribution is 2.38. The standard InChI is InChI=1S/C16H20ClNS/c1-9(2)12-6-7-18-16-14(17)8-13(11(4)19-5)10(3)15(12)16/h6-9,11H,1-5H3. The minimum Gasteiger partial charge on any atom is -0.255 e. The maximum atomic E-state index is 6.44. The van der Waals surface area contributed by atoms with Crippen molar-refractivity contribution < 1.29 is 0 Å². The second-order valence-corrected chi connectivity index (χ2v) is 6.81. The van der Waals surface area contributed by atoms with Crippen LogP contribution in [-0.4, -0.2) is 11.2 Å². The summed E-state index contributed by atoms with van der Waals surface area (Å²) in [7, 11) is 0. The van der Waals surface area contributed by atoms with Crippen molar-refractivity contribution in [2.24, 2.45) is 0 Å². The number of pyridine rings is 1. The van der Waals surface area contributed by atoms with E-state index in [1.165, 1.54) is 22.1 Å². The first-order valence-electron chi connectivity index (χ1n) is 6.57. The predicted octanol–water partition coefficient (Wildman–Crippen LogP) is 5.74. The molecule has 3 heteroatoms. The topological polar surface area (TPSA) is 12.9 Å². The smallest absolute Gasteiger partial charge is 0.0893 e. The number of rotatable bonds is 3. The largest absolute Gasteiger partial charge is 0.255 e. The van der Waals surface area contributed by atoms with Gasteiger partial charge in [-0.2, -0.15) is 11.8 Å². The summed E-state index contributed by atoms with van der Waals surface area (Å²) < 4.78 is 0. The van der Waals surface area contributed by atoms with E-state index in [-0.39, 0.29) is 0 Å². The number of hydrogen-bond acceptors (Lipinski definition) is 2. The zero-order valence-corrected chi connectivity index (χ0v) is 13.7. The Morgan fingerprint density at radius 3 is 2.47 bits per heavy atom. The Bertz CT molecular complexity index is 607. The van der Waals surface area contributed by atoms with Gasteiger partial charge in [-0.15, -0.1) is 0 Å². The highest BCUT2D eigenvalue weighted by atomic mass is 35.5. The second-order valence-electron chi connectivity index (χ2n) is 5.23. The minimum atomic E-state index is 0.446. The average Bonchev–Trinajstić information content (AvgIpc) is 2.41. The number of aromatic nitrogens is 1. The molecule has 0 radical (unpaired) electrons. The molecule has 102 valence electrons. The molecule has 0 N–H and O–H groups in total. The van der Waals surface area contributed by atoms with Crippen LogP contribution < -0.4 is 0 Å². The Morgan fingerprint density at radius 1 is 1.21 bits per heavy atom. The number of nitrogens with zero attached hydrogens (tertiary/aromatic N) is 1. The van der Waals surface area contributed by atoms with Crippen molar-refractivity contribution >= 4 is 34.3 Å². The van der Waals surface area contributed by atoms with Crippen molar-refractivity contribution in [3.63, 3.8) is 0 Å². The maximum Gasteiger partial charge on any atom is 0.0893 e. The number of thioether (sulfide) groups is 1. The van der Waals surface area contributed by atoms with Crippen LogP contribution >= 0.6 is 23.4 Å². The number of hydrogen-bond donors (Lipinski definition) is 0. The number of halogens is 1. The van der Waals surface area contributed by atoms with Gasteiger partial charge in [0.1, 0.15) is 0 Å². The summed E-state index contributed by atoms with van der Waals surface area (Å²) in [5, 5.41) is 2.45. The van der Waals surface area contributed by atoms with Crippen LogP contribution in [0.4, 0.5) is 0 Å². The normalized spacial score (nSPS) is 13.2. The zero-order valence-electron chi connectivity index (χ0n) is 12.1. The Kier molecular flexibility index (Phi) is 4.42. The van der Waals surface area contributed by atoms with Gasteiger partial charge in [-0.05, 0) is 54.8 Å². The minimum absolute atomic E-state index is 0.446. The van der Waals surface area contributed by atoms with Gasteiger partial charge < -0.3 is 0 Å². The van der Waals surface area contributed by atoms with Gasteiger partial charge in [-0.3, -0.25) is 4.98 Å². The van der Waals surface area contributed by atoms with Crippen molar-refractivity contribution in [2.45, 2.75) is 38.9 Å². The fraction of sp³-hybridized carbons (Fsp3) is 0.438. The molecule has 0 aliphatic rings. The van der Waals surface area contributed by atoms with E-state index in [2.05, 4.69) is 51.1 Å². The molecule has 0 saturated carbocycles. The van der Waals surface area contributed by atoms with E-state index >= 15 is 0 Å². The monoisotopic (exact) mass is 293 g/mol. The molecule has 1 unspecified atom stereocenters. The summed E-state index contributed by atoms with van der Waals surface area (Å²) in [5.41, 5.74) is 4.90. The van der Waals surface area contributed by atoms with Crippen molar-refractivity contribution in [3.8, 4) is 0 Å². The molecule has 0 fully saturated rings. The molecule has 0 saturated heterocycles. The van der Waals surface area contributed by atoms with Crippen LogP contribution in [-0.2, 0) is 0 Å². The van der Waals surface area contributed by atoms with Crippen molar-refractivity contribution in [3.05, 3.63) is 40.0 Å². The molecule has 1 aromatic carbocycles. The van der Waals surface area contributed by atoms with Gasteiger partial charge in [0.15, 0.2) is 0 Å². The Balaban J connectivity index is 2.85. The number of fused-ring (bicyclic) bond motifs is 1. The molecule has 0 amide bonds. The van der Waals surface area contributed by atoms with Crippen LogP contribution in [0.1, 0.15) is 48.6 Å². The molecular weight excluding hydrogens is 274 g/mol. The van der Waals surface area contributed by atoms with E-state index in [9.17, 15) is 0 Å². The van der Waals surface area contributed by atoms with Crippen LogP contribution in [0.2, 0.25) is 5.02 Å². The summed E-state index contributed by atoms with van der Waals surface area (Å²) in [6.07, 6.45) is 4.00. The van der Waals surface area contributed by atoms with Gasteiger partial charge in [0.25, 0.3) is 0 Å². The first kappa shape index (κ1) is 14.7. The van der Waals surface area contributed by atoms with Gasteiger partial charge in [0, 0.05) is 16.8 Å². The summed E-state index contributed by atoms with van der Waals surface area (Å²) in [6.45, 7) is 8.84. The summed E-state index contributed by atoms with van der Waals surface area (Å²) in [5.74, 6) is 0.472. The molecule has 1 aromatic heterocycles. The van der Waals surface area contributed by atoms with Gasteiger partial charge >= 0.3 is 0 Å². The van der Waals surface area contributed by atoms with Crippen molar-refractivity contribution in [2.75, 3.05) is 6.26 Å². The lowest BCUT2D eigenvalue weighted by atomic mass is 9.92. The molecule has 1 heterocycles. The zero-order chi connectivity index (χ0) is 14.2. The lowest BCUT2D eigenvalue weighted by molar-refractivity contribution is 0.873. The van der Waals surface area contributed by atoms with E-state index < -0.39 is 0 Å². The van der Waals surface area contributed by atoms with Crippen molar-refractivity contribution in [1.29, 1.82) is 0 Å². The first-order valence-corrected chi connectivity index (χ1v) is 8.24. The van der Waals surface area contributed by atoms with Crippen LogP contribution in [0, 0.1) is 6.92 Å². The van der Waals surface area contributed by atoms with Crippen LogP contribution in [0.25, 0.3) is 10.9 Å². The second kappa shape index (κ2) is 5.72. The van der Waals surface area contributed by atoms with Gasteiger partial charge in [-0.1, -0.05) is 25.4 Å². The maximum absolute atomic E-state index is 6.44. The van der Waals surface area contributed by atoms with E-state index in [0.717, 1.165) is 10.5 Å². The van der Waals surface area contributed by atoms with E-state index in [0.29, 0.717) is 11.2 Å².